The van der Waals surface area contributed by atoms with Crippen molar-refractivity contribution in [2.45, 2.75) is 0 Å². The smallest absolute Gasteiger partial charge is 0.254 e. The lowest BCUT2D eigenvalue weighted by Crippen LogP contribution is -2.40. The minimum atomic E-state index is -0.353. The molecule has 0 spiro atoms. The van der Waals surface area contributed by atoms with E-state index in [2.05, 4.69) is 30.6 Å². The first-order chi connectivity index (χ1) is 24.9. The molecule has 15 heteroatoms. The molecule has 0 unspecified atom stereocenters. The molecule has 0 atom stereocenters. The van der Waals surface area contributed by atoms with Crippen LogP contribution in [0.5, 0.6) is 23.1 Å². The Balaban J connectivity index is 1.23. The summed E-state index contributed by atoms with van der Waals surface area (Å²) in [6.45, 7) is 4.11. The van der Waals surface area contributed by atoms with Gasteiger partial charge in [0, 0.05) is 66.7 Å². The fraction of sp³-hybridized carbons (Fsp3) is 0.278. The van der Waals surface area contributed by atoms with Crippen LogP contribution >= 0.6 is 0 Å². The Morgan fingerprint density at radius 2 is 1.69 bits per heavy atom. The molecule has 2 amide bonds. The summed E-state index contributed by atoms with van der Waals surface area (Å²) in [7, 11) is 1.90. The van der Waals surface area contributed by atoms with Gasteiger partial charge in [-0.3, -0.25) is 9.59 Å². The molecular weight excluding hydrogens is 654 g/mol. The quantitative estimate of drug-likeness (QED) is 0.0437. The van der Waals surface area contributed by atoms with E-state index in [-0.39, 0.29) is 18.4 Å². The van der Waals surface area contributed by atoms with Gasteiger partial charge in [0.15, 0.2) is 0 Å². The van der Waals surface area contributed by atoms with Crippen molar-refractivity contribution in [3.8, 4) is 23.1 Å². The largest absolute Gasteiger partial charge is 0.457 e. The molecule has 15 nitrogen and oxygen atoms in total. The van der Waals surface area contributed by atoms with E-state index in [0.29, 0.717) is 92.7 Å². The number of azide groups is 1. The maximum Gasteiger partial charge on any atom is 0.254 e. The van der Waals surface area contributed by atoms with Crippen molar-refractivity contribution >= 4 is 29.0 Å². The number of rotatable bonds is 17. The molecule has 3 aromatic carbocycles. The SMILES string of the molecule is CN(CC=CC(=O)Nc1cc(Nc2cc(Oc3ccc(Oc4ccccc4)cc3)ncn2)cc(C(=O)N2CCOCC2)c1)CCOCCN=[N+]=[N-]. The number of carbonyl (C=O) groups is 2. The van der Waals surface area contributed by atoms with E-state index in [9.17, 15) is 9.59 Å². The Morgan fingerprint density at radius 3 is 2.45 bits per heavy atom. The number of nitrogens with one attached hydrogen (secondary N) is 2. The minimum absolute atomic E-state index is 0.178. The number of hydrogen-bond acceptors (Lipinski definition) is 11. The zero-order chi connectivity index (χ0) is 35.7. The number of benzene rings is 3. The molecule has 2 heterocycles. The Morgan fingerprint density at radius 1 is 0.961 bits per heavy atom. The summed E-state index contributed by atoms with van der Waals surface area (Å²) < 4.78 is 22.7. The van der Waals surface area contributed by atoms with E-state index >= 15 is 0 Å². The van der Waals surface area contributed by atoms with E-state index in [4.69, 9.17) is 24.5 Å². The van der Waals surface area contributed by atoms with Crippen molar-refractivity contribution in [2.75, 3.05) is 76.8 Å². The minimum Gasteiger partial charge on any atom is -0.457 e. The van der Waals surface area contributed by atoms with Crippen LogP contribution in [0.15, 0.2) is 102 Å². The van der Waals surface area contributed by atoms with Crippen molar-refractivity contribution in [2.24, 2.45) is 5.11 Å². The van der Waals surface area contributed by atoms with Crippen LogP contribution in [0.4, 0.5) is 17.2 Å². The lowest BCUT2D eigenvalue weighted by molar-refractivity contribution is -0.111. The van der Waals surface area contributed by atoms with Gasteiger partial charge in [0.1, 0.15) is 29.4 Å². The predicted molar refractivity (Wildman–Crippen MR) is 192 cm³/mol. The summed E-state index contributed by atoms with van der Waals surface area (Å²) in [4.78, 5) is 41.3. The third-order valence-corrected chi connectivity index (χ3v) is 7.39. The molecule has 5 rings (SSSR count). The van der Waals surface area contributed by atoms with Gasteiger partial charge in [-0.1, -0.05) is 29.4 Å². The maximum absolute atomic E-state index is 13.5. The molecule has 1 saturated heterocycles. The average molecular weight is 694 g/mol. The normalized spacial score (nSPS) is 12.7. The second kappa shape index (κ2) is 19.3. The molecule has 1 aromatic heterocycles. The van der Waals surface area contributed by atoms with Gasteiger partial charge >= 0.3 is 0 Å². The number of aromatic nitrogens is 2. The molecule has 0 bridgehead atoms. The van der Waals surface area contributed by atoms with Crippen LogP contribution in [0.2, 0.25) is 0 Å². The van der Waals surface area contributed by atoms with Crippen LogP contribution in [0.25, 0.3) is 10.4 Å². The number of ether oxygens (including phenoxy) is 4. The van der Waals surface area contributed by atoms with E-state index in [1.807, 2.05) is 42.3 Å². The summed E-state index contributed by atoms with van der Waals surface area (Å²) in [5.74, 6) is 2.14. The third kappa shape index (κ3) is 12.1. The summed E-state index contributed by atoms with van der Waals surface area (Å²) in [5, 5.41) is 9.51. The fourth-order valence-electron chi connectivity index (χ4n) is 4.86. The number of hydrogen-bond donors (Lipinski definition) is 2. The molecular formula is C36H39N9O6. The Kier molecular flexibility index (Phi) is 13.7. The number of anilines is 3. The molecule has 0 saturated carbocycles. The molecule has 2 N–H and O–H groups in total. The zero-order valence-corrected chi connectivity index (χ0v) is 28.2. The monoisotopic (exact) mass is 693 g/mol. The van der Waals surface area contributed by atoms with Crippen LogP contribution in [-0.2, 0) is 14.3 Å². The van der Waals surface area contributed by atoms with E-state index < -0.39 is 0 Å². The van der Waals surface area contributed by atoms with Gasteiger partial charge in [0.2, 0.25) is 11.8 Å². The maximum atomic E-state index is 13.5. The van der Waals surface area contributed by atoms with Crippen LogP contribution in [0.1, 0.15) is 10.4 Å². The highest BCUT2D eigenvalue weighted by molar-refractivity contribution is 6.02. The summed E-state index contributed by atoms with van der Waals surface area (Å²) >= 11 is 0. The Hall–Kier alpha value is -5.99. The first-order valence-electron chi connectivity index (χ1n) is 16.3. The van der Waals surface area contributed by atoms with Crippen molar-refractivity contribution in [3.63, 3.8) is 0 Å². The van der Waals surface area contributed by atoms with Gasteiger partial charge in [-0.05, 0) is 67.2 Å². The van der Waals surface area contributed by atoms with Gasteiger partial charge in [-0.2, -0.15) is 0 Å². The first kappa shape index (κ1) is 36.3. The average Bonchev–Trinajstić information content (AvgIpc) is 3.14. The zero-order valence-electron chi connectivity index (χ0n) is 28.2. The van der Waals surface area contributed by atoms with Crippen molar-refractivity contribution in [3.05, 3.63) is 113 Å². The molecule has 0 aliphatic carbocycles. The van der Waals surface area contributed by atoms with Crippen molar-refractivity contribution in [1.82, 2.24) is 19.8 Å². The van der Waals surface area contributed by atoms with Crippen molar-refractivity contribution < 1.29 is 28.5 Å². The predicted octanol–water partition coefficient (Wildman–Crippen LogP) is 6.03. The molecule has 51 heavy (non-hydrogen) atoms. The van der Waals surface area contributed by atoms with E-state index in [0.717, 1.165) is 5.75 Å². The highest BCUT2D eigenvalue weighted by Gasteiger charge is 2.20. The van der Waals surface area contributed by atoms with Gasteiger partial charge < -0.3 is 39.4 Å². The standard InChI is InChI=1S/C36H39N9O6/c1-44(15-19-48-18-13-40-43-37)14-5-8-34(46)42-29-23-27(36(47)45-16-20-49-21-17-45)22-28(24-29)41-33-25-35(39-26-38-33)51-32-11-9-31(10-12-32)50-30-6-3-2-4-7-30/h2-12,22-26H,13-21H2,1H3,(H,42,46)(H,38,39,41). The Labute approximate surface area is 295 Å². The highest BCUT2D eigenvalue weighted by Crippen LogP contribution is 2.28. The number of para-hydroxylation sites is 1. The molecule has 0 radical (unpaired) electrons. The van der Waals surface area contributed by atoms with Crippen LogP contribution in [0, 0.1) is 0 Å². The van der Waals surface area contributed by atoms with Gasteiger partial charge in [0.05, 0.1) is 26.4 Å². The number of nitrogens with zero attached hydrogens (tertiary/aromatic N) is 7. The number of likely N-dealkylation sites (N-methyl/N-ethyl adjacent to an activating group) is 1. The molecule has 1 aliphatic rings. The molecule has 1 fully saturated rings. The lowest BCUT2D eigenvalue weighted by Gasteiger charge is -2.27. The molecule has 4 aromatic rings. The van der Waals surface area contributed by atoms with E-state index in [1.165, 1.54) is 12.4 Å². The van der Waals surface area contributed by atoms with Crippen LogP contribution in [-0.4, -0.2) is 97.8 Å². The van der Waals surface area contributed by atoms with Gasteiger partial charge in [0.25, 0.3) is 5.91 Å². The van der Waals surface area contributed by atoms with Gasteiger partial charge in [-0.25, -0.2) is 9.97 Å². The summed E-state index contributed by atoms with van der Waals surface area (Å²) in [5.41, 5.74) is 9.66. The van der Waals surface area contributed by atoms with Crippen LogP contribution in [0.3, 0.4) is 0 Å². The lowest BCUT2D eigenvalue weighted by atomic mass is 10.1. The third-order valence-electron chi connectivity index (χ3n) is 7.39. The van der Waals surface area contributed by atoms with Crippen molar-refractivity contribution in [1.29, 1.82) is 0 Å². The number of carbonyl (C=O) groups excluding carboxylic acids is 2. The topological polar surface area (TPSA) is 176 Å². The molecule has 264 valence electrons. The second-order valence-corrected chi connectivity index (χ2v) is 11.3. The first-order valence-corrected chi connectivity index (χ1v) is 16.3. The second-order valence-electron chi connectivity index (χ2n) is 11.3. The summed E-state index contributed by atoms with van der Waals surface area (Å²) in [6.07, 6.45) is 4.55. The molecule has 1 aliphatic heterocycles. The van der Waals surface area contributed by atoms with Gasteiger partial charge in [-0.15, -0.1) is 0 Å². The fourth-order valence-corrected chi connectivity index (χ4v) is 4.86. The number of morpholine rings is 1. The van der Waals surface area contributed by atoms with Crippen LogP contribution < -0.4 is 20.1 Å². The Bertz CT molecular complexity index is 1810. The van der Waals surface area contributed by atoms with E-state index in [1.54, 1.807) is 59.5 Å². The highest BCUT2D eigenvalue weighted by atomic mass is 16.5. The summed E-state index contributed by atoms with van der Waals surface area (Å²) in [6, 6.07) is 23.4. The number of amides is 2.